The summed E-state index contributed by atoms with van der Waals surface area (Å²) in [5, 5.41) is 15.3. The van der Waals surface area contributed by atoms with Gasteiger partial charge in [0.1, 0.15) is 11.4 Å². The van der Waals surface area contributed by atoms with E-state index in [1.165, 1.54) is 5.56 Å². The van der Waals surface area contributed by atoms with Crippen LogP contribution in [0, 0.1) is 5.92 Å². The lowest BCUT2D eigenvalue weighted by molar-refractivity contribution is -0.167. The Morgan fingerprint density at radius 1 is 1.16 bits per heavy atom. The lowest BCUT2D eigenvalue weighted by atomic mass is 9.76. The second-order valence-electron chi connectivity index (χ2n) is 8.59. The van der Waals surface area contributed by atoms with Gasteiger partial charge in [-0.3, -0.25) is 0 Å². The molecule has 0 unspecified atom stereocenters. The maximum Gasteiger partial charge on any atom is 0.338 e. The Kier molecular flexibility index (Phi) is 5.18. The monoisotopic (exact) mass is 418 g/mol. The first-order valence-corrected chi connectivity index (χ1v) is 11.0. The molecule has 1 aliphatic heterocycles. The fourth-order valence-corrected chi connectivity index (χ4v) is 5.00. The van der Waals surface area contributed by atoms with Crippen LogP contribution in [0.4, 0.5) is 0 Å². The van der Waals surface area contributed by atoms with Crippen molar-refractivity contribution >= 4 is 11.7 Å². The Morgan fingerprint density at radius 3 is 2.71 bits per heavy atom. The predicted molar refractivity (Wildman–Crippen MR) is 114 cm³/mol. The summed E-state index contributed by atoms with van der Waals surface area (Å²) in [5.74, 6) is 0.847. The highest BCUT2D eigenvalue weighted by molar-refractivity contribution is 5.90. The number of rotatable bonds is 6. The van der Waals surface area contributed by atoms with Crippen LogP contribution in [0.5, 0.6) is 0 Å². The average molecular weight is 418 g/mol. The van der Waals surface area contributed by atoms with Gasteiger partial charge in [-0.2, -0.15) is 4.98 Å². The summed E-state index contributed by atoms with van der Waals surface area (Å²) >= 11 is 0. The summed E-state index contributed by atoms with van der Waals surface area (Å²) in [6.45, 7) is 0. The van der Waals surface area contributed by atoms with Crippen LogP contribution >= 0.6 is 0 Å². The SMILES string of the molecule is O=C1O[C@](CCc2ccccc2)(C2CCCC2)CC(O)=C1Cc1nc2ncccn2n1. The molecule has 0 saturated heterocycles. The molecule has 3 aromatic rings. The highest BCUT2D eigenvalue weighted by Gasteiger charge is 2.48. The van der Waals surface area contributed by atoms with Crippen LogP contribution in [0.15, 0.2) is 60.1 Å². The van der Waals surface area contributed by atoms with Crippen LogP contribution in [0.25, 0.3) is 5.78 Å². The molecule has 0 radical (unpaired) electrons. The first-order chi connectivity index (χ1) is 15.1. The summed E-state index contributed by atoms with van der Waals surface area (Å²) in [6.07, 6.45) is 9.76. The van der Waals surface area contributed by atoms with E-state index < -0.39 is 11.6 Å². The lowest BCUT2D eigenvalue weighted by Gasteiger charge is -2.41. The van der Waals surface area contributed by atoms with Gasteiger partial charge in [0.25, 0.3) is 5.78 Å². The molecule has 2 aliphatic rings. The Balaban J connectivity index is 1.40. The smallest absolute Gasteiger partial charge is 0.338 e. The van der Waals surface area contributed by atoms with E-state index in [9.17, 15) is 9.90 Å². The standard InChI is InChI=1S/C24H26N4O3/c29-20-16-24(18-9-4-5-10-18,12-11-17-7-2-1-3-8-17)31-22(30)19(20)15-21-26-23-25-13-6-14-28(23)27-21/h1-3,6-8,13-14,18,29H,4-5,9-12,15-16H2/t24-/m0/s1. The molecule has 0 amide bonds. The first-order valence-electron chi connectivity index (χ1n) is 11.0. The number of hydrogen-bond donors (Lipinski definition) is 1. The van der Waals surface area contributed by atoms with Crippen LogP contribution in [0.2, 0.25) is 0 Å². The van der Waals surface area contributed by atoms with Crippen LogP contribution in [0.1, 0.15) is 49.9 Å². The molecule has 3 heterocycles. The second kappa shape index (κ2) is 8.13. The molecule has 0 bridgehead atoms. The number of aliphatic hydroxyl groups is 1. The molecule has 1 saturated carbocycles. The third-order valence-electron chi connectivity index (χ3n) is 6.63. The minimum atomic E-state index is -0.648. The molecular weight excluding hydrogens is 392 g/mol. The second-order valence-corrected chi connectivity index (χ2v) is 8.59. The molecule has 7 nitrogen and oxygen atoms in total. The van der Waals surface area contributed by atoms with Crippen molar-refractivity contribution in [2.75, 3.05) is 0 Å². The summed E-state index contributed by atoms with van der Waals surface area (Å²) in [6, 6.07) is 12.0. The molecule has 1 atom stereocenters. The van der Waals surface area contributed by atoms with Gasteiger partial charge in [0.2, 0.25) is 0 Å². The summed E-state index contributed by atoms with van der Waals surface area (Å²) in [4.78, 5) is 21.6. The minimum Gasteiger partial charge on any atom is -0.512 e. The number of fused-ring (bicyclic) bond motifs is 1. The molecule has 0 spiro atoms. The highest BCUT2D eigenvalue weighted by atomic mass is 16.6. The zero-order valence-electron chi connectivity index (χ0n) is 17.4. The normalized spacial score (nSPS) is 22.3. The summed E-state index contributed by atoms with van der Waals surface area (Å²) in [5.41, 5.74) is 0.820. The van der Waals surface area contributed by atoms with E-state index in [1.807, 2.05) is 18.2 Å². The molecule has 7 heteroatoms. The number of carbonyl (C=O) groups is 1. The van der Waals surface area contributed by atoms with Gasteiger partial charge in [-0.15, -0.1) is 5.10 Å². The molecular formula is C24H26N4O3. The predicted octanol–water partition coefficient (Wildman–Crippen LogP) is 3.99. The largest absolute Gasteiger partial charge is 0.512 e. The number of aromatic nitrogens is 4. The van der Waals surface area contributed by atoms with Gasteiger partial charge in [0.05, 0.1) is 5.57 Å². The van der Waals surface area contributed by atoms with Crippen LogP contribution in [0.3, 0.4) is 0 Å². The fraction of sp³-hybridized carbons (Fsp3) is 0.417. The molecule has 2 aromatic heterocycles. The minimum absolute atomic E-state index is 0.114. The van der Waals surface area contributed by atoms with E-state index >= 15 is 0 Å². The molecule has 1 fully saturated rings. The zero-order valence-corrected chi connectivity index (χ0v) is 17.4. The van der Waals surface area contributed by atoms with E-state index in [0.717, 1.165) is 32.1 Å². The maximum atomic E-state index is 13.1. The van der Waals surface area contributed by atoms with Gasteiger partial charge in [0.15, 0.2) is 5.82 Å². The van der Waals surface area contributed by atoms with Gasteiger partial charge in [0, 0.05) is 25.2 Å². The first kappa shape index (κ1) is 19.7. The molecule has 5 rings (SSSR count). The van der Waals surface area contributed by atoms with Crippen molar-refractivity contribution in [1.82, 2.24) is 19.6 Å². The Hall–Kier alpha value is -3.22. The number of aryl methyl sites for hydroxylation is 1. The van der Waals surface area contributed by atoms with Crippen molar-refractivity contribution in [2.24, 2.45) is 5.92 Å². The molecule has 31 heavy (non-hydrogen) atoms. The Labute approximate surface area is 180 Å². The van der Waals surface area contributed by atoms with Crippen LogP contribution in [-0.4, -0.2) is 36.3 Å². The fourth-order valence-electron chi connectivity index (χ4n) is 5.00. The number of ether oxygens (including phenoxy) is 1. The van der Waals surface area contributed by atoms with E-state index in [0.29, 0.717) is 24.4 Å². The van der Waals surface area contributed by atoms with E-state index in [4.69, 9.17) is 4.74 Å². The Morgan fingerprint density at radius 2 is 1.97 bits per heavy atom. The third-order valence-corrected chi connectivity index (χ3v) is 6.63. The summed E-state index contributed by atoms with van der Waals surface area (Å²) < 4.78 is 7.73. The van der Waals surface area contributed by atoms with E-state index in [1.54, 1.807) is 23.0 Å². The summed E-state index contributed by atoms with van der Waals surface area (Å²) in [7, 11) is 0. The Bertz CT molecular complexity index is 1090. The van der Waals surface area contributed by atoms with Crippen LogP contribution < -0.4 is 0 Å². The van der Waals surface area contributed by atoms with Crippen molar-refractivity contribution in [3.63, 3.8) is 0 Å². The van der Waals surface area contributed by atoms with Gasteiger partial charge in [-0.05, 0) is 43.2 Å². The van der Waals surface area contributed by atoms with Crippen LogP contribution in [-0.2, 0) is 22.4 Å². The molecule has 1 N–H and O–H groups in total. The van der Waals surface area contributed by atoms with Crippen molar-refractivity contribution in [1.29, 1.82) is 0 Å². The number of nitrogens with zero attached hydrogens (tertiary/aromatic N) is 4. The zero-order chi connectivity index (χ0) is 21.3. The topological polar surface area (TPSA) is 89.6 Å². The maximum absolute atomic E-state index is 13.1. The molecule has 1 aromatic carbocycles. The number of hydrogen-bond acceptors (Lipinski definition) is 6. The number of esters is 1. The molecule has 160 valence electrons. The van der Waals surface area contributed by atoms with Crippen molar-refractivity contribution in [3.8, 4) is 0 Å². The van der Waals surface area contributed by atoms with Gasteiger partial charge in [-0.1, -0.05) is 43.2 Å². The highest BCUT2D eigenvalue weighted by Crippen LogP contribution is 2.45. The van der Waals surface area contributed by atoms with Crippen molar-refractivity contribution in [2.45, 2.75) is 57.0 Å². The lowest BCUT2D eigenvalue weighted by Crippen LogP contribution is -2.46. The molecule has 1 aliphatic carbocycles. The quantitative estimate of drug-likeness (QED) is 0.609. The number of benzene rings is 1. The average Bonchev–Trinajstić information content (AvgIpc) is 3.46. The third kappa shape index (κ3) is 3.92. The van der Waals surface area contributed by atoms with Gasteiger partial charge >= 0.3 is 5.97 Å². The van der Waals surface area contributed by atoms with Crippen molar-refractivity contribution < 1.29 is 14.6 Å². The van der Waals surface area contributed by atoms with Crippen molar-refractivity contribution in [3.05, 3.63) is 71.5 Å². The number of carbonyl (C=O) groups excluding carboxylic acids is 1. The van der Waals surface area contributed by atoms with E-state index in [-0.39, 0.29) is 23.7 Å². The number of cyclic esters (lactones) is 1. The van der Waals surface area contributed by atoms with Gasteiger partial charge in [-0.25, -0.2) is 14.3 Å². The van der Waals surface area contributed by atoms with Gasteiger partial charge < -0.3 is 9.84 Å². The number of aliphatic hydroxyl groups excluding tert-OH is 1. The van der Waals surface area contributed by atoms with E-state index in [2.05, 4.69) is 27.2 Å².